The number of nitrogen functional groups attached to an aromatic ring is 2. The van der Waals surface area contributed by atoms with Gasteiger partial charge in [0.2, 0.25) is 0 Å². The maximum atomic E-state index is 10.6. The van der Waals surface area contributed by atoms with E-state index < -0.39 is 13.9 Å². The Morgan fingerprint density at radius 1 is 1.47 bits per heavy atom. The Hall–Kier alpha value is -1.67. The number of ether oxygens (including phenoxy) is 1. The highest BCUT2D eigenvalue weighted by atomic mass is 31.2. The van der Waals surface area contributed by atoms with E-state index in [9.17, 15) is 4.57 Å². The topological polar surface area (TPSA) is 148 Å². The van der Waals surface area contributed by atoms with Crippen LogP contribution in [0.25, 0.3) is 0 Å². The smallest absolute Gasteiger partial charge is 0.350 e. The van der Waals surface area contributed by atoms with Crippen LogP contribution >= 0.6 is 7.60 Å². The lowest BCUT2D eigenvalue weighted by Crippen LogP contribution is -2.24. The lowest BCUT2D eigenvalue weighted by molar-refractivity contribution is 0.164. The summed E-state index contributed by atoms with van der Waals surface area (Å²) in [5.41, 5.74) is 11.5. The maximum absolute atomic E-state index is 10.6. The van der Waals surface area contributed by atoms with Crippen molar-refractivity contribution in [2.24, 2.45) is 0 Å². The zero-order valence-electron chi connectivity index (χ0n) is 10.1. The van der Waals surface area contributed by atoms with Gasteiger partial charge >= 0.3 is 7.60 Å². The first-order valence-electron chi connectivity index (χ1n) is 5.22. The predicted molar refractivity (Wildman–Crippen MR) is 71.3 cm³/mol. The molecular weight excluding hydrogens is 273 g/mol. The maximum Gasteiger partial charge on any atom is 0.350 e. The van der Waals surface area contributed by atoms with Gasteiger partial charge in [0.25, 0.3) is 0 Å². The fourth-order valence-corrected chi connectivity index (χ4v) is 1.63. The van der Waals surface area contributed by atoms with E-state index in [0.29, 0.717) is 5.82 Å². The van der Waals surface area contributed by atoms with Crippen molar-refractivity contribution in [3.63, 3.8) is 0 Å². The minimum Gasteiger partial charge on any atom is -0.393 e. The molecule has 0 aromatic carbocycles. The van der Waals surface area contributed by atoms with E-state index >= 15 is 0 Å². The SMILES string of the molecule is C=CN(CCOCP(=O)(O)O)c1ncnc(N)c1N. The monoisotopic (exact) mass is 289 g/mol. The second-order valence-corrected chi connectivity index (χ2v) is 5.16. The summed E-state index contributed by atoms with van der Waals surface area (Å²) < 4.78 is 15.4. The van der Waals surface area contributed by atoms with Gasteiger partial charge in [-0.3, -0.25) is 4.57 Å². The lowest BCUT2D eigenvalue weighted by atomic mass is 10.4. The summed E-state index contributed by atoms with van der Waals surface area (Å²) in [6, 6.07) is 0. The number of hydrogen-bond acceptors (Lipinski definition) is 7. The average Bonchev–Trinajstić information content (AvgIpc) is 2.32. The van der Waals surface area contributed by atoms with E-state index in [1.165, 1.54) is 12.5 Å². The Bertz CT molecular complexity index is 491. The van der Waals surface area contributed by atoms with Crippen molar-refractivity contribution in [3.05, 3.63) is 19.1 Å². The fraction of sp³-hybridized carbons (Fsp3) is 0.333. The number of anilines is 3. The molecule has 9 nitrogen and oxygen atoms in total. The molecule has 106 valence electrons. The van der Waals surface area contributed by atoms with Gasteiger partial charge in [-0.2, -0.15) is 0 Å². The van der Waals surface area contributed by atoms with E-state index in [2.05, 4.69) is 16.5 Å². The van der Waals surface area contributed by atoms with Crippen molar-refractivity contribution in [1.82, 2.24) is 9.97 Å². The summed E-state index contributed by atoms with van der Waals surface area (Å²) in [5.74, 6) is 0.510. The number of nitrogens with two attached hydrogens (primary N) is 2. The molecule has 0 atom stereocenters. The molecule has 1 heterocycles. The van der Waals surface area contributed by atoms with Crippen LogP contribution in [0.4, 0.5) is 17.3 Å². The Morgan fingerprint density at radius 3 is 2.74 bits per heavy atom. The van der Waals surface area contributed by atoms with Gasteiger partial charge in [-0.15, -0.1) is 0 Å². The van der Waals surface area contributed by atoms with E-state index in [1.807, 2.05) is 0 Å². The van der Waals surface area contributed by atoms with Crippen LogP contribution in [-0.2, 0) is 9.30 Å². The van der Waals surface area contributed by atoms with Crippen LogP contribution < -0.4 is 16.4 Å². The molecular formula is C9H16N5O4P. The summed E-state index contributed by atoms with van der Waals surface area (Å²) in [4.78, 5) is 26.5. The van der Waals surface area contributed by atoms with Gasteiger partial charge in [-0.1, -0.05) is 6.58 Å². The quantitative estimate of drug-likeness (QED) is 0.393. The van der Waals surface area contributed by atoms with Gasteiger partial charge in [0.15, 0.2) is 11.6 Å². The molecule has 1 aromatic rings. The molecule has 0 unspecified atom stereocenters. The van der Waals surface area contributed by atoms with Crippen molar-refractivity contribution in [2.75, 3.05) is 35.9 Å². The molecule has 1 aromatic heterocycles. The third-order valence-electron chi connectivity index (χ3n) is 2.12. The molecule has 0 amide bonds. The van der Waals surface area contributed by atoms with Gasteiger partial charge < -0.3 is 30.9 Å². The first kappa shape index (κ1) is 15.4. The summed E-state index contributed by atoms with van der Waals surface area (Å²) in [7, 11) is -4.16. The van der Waals surface area contributed by atoms with E-state index in [1.54, 1.807) is 4.90 Å². The molecule has 0 saturated heterocycles. The molecule has 0 saturated carbocycles. The van der Waals surface area contributed by atoms with Crippen LogP contribution in [0.5, 0.6) is 0 Å². The molecule has 0 aliphatic rings. The van der Waals surface area contributed by atoms with Gasteiger partial charge in [-0.05, 0) is 6.20 Å². The highest BCUT2D eigenvalue weighted by Gasteiger charge is 2.14. The van der Waals surface area contributed by atoms with Crippen LogP contribution in [0.3, 0.4) is 0 Å². The van der Waals surface area contributed by atoms with Crippen molar-refractivity contribution in [2.45, 2.75) is 0 Å². The zero-order chi connectivity index (χ0) is 14.5. The van der Waals surface area contributed by atoms with Gasteiger partial charge in [0, 0.05) is 6.54 Å². The molecule has 0 aliphatic carbocycles. The molecule has 6 N–H and O–H groups in total. The van der Waals surface area contributed by atoms with Crippen molar-refractivity contribution < 1.29 is 19.1 Å². The fourth-order valence-electron chi connectivity index (χ4n) is 1.26. The van der Waals surface area contributed by atoms with Crippen LogP contribution in [0.2, 0.25) is 0 Å². The first-order valence-corrected chi connectivity index (χ1v) is 7.02. The van der Waals surface area contributed by atoms with Crippen LogP contribution in [-0.4, -0.2) is 39.3 Å². The van der Waals surface area contributed by atoms with Gasteiger partial charge in [0.1, 0.15) is 18.4 Å². The normalized spacial score (nSPS) is 11.3. The number of hydrogen-bond donors (Lipinski definition) is 4. The van der Waals surface area contributed by atoms with E-state index in [4.69, 9.17) is 26.0 Å². The Kier molecular flexibility index (Phi) is 5.25. The molecule has 0 bridgehead atoms. The Labute approximate surface area is 110 Å². The molecule has 0 spiro atoms. The third kappa shape index (κ3) is 4.84. The molecule has 0 aliphatic heterocycles. The predicted octanol–water partition coefficient (Wildman–Crippen LogP) is -0.257. The average molecular weight is 289 g/mol. The second kappa shape index (κ2) is 6.48. The van der Waals surface area contributed by atoms with Crippen molar-refractivity contribution in [1.29, 1.82) is 0 Å². The summed E-state index contributed by atoms with van der Waals surface area (Å²) in [6.07, 6.45) is 2.08. The zero-order valence-corrected chi connectivity index (χ0v) is 11.0. The summed E-state index contributed by atoms with van der Waals surface area (Å²) in [5, 5.41) is 0. The first-order chi connectivity index (χ1) is 8.85. The van der Waals surface area contributed by atoms with Crippen LogP contribution in [0.1, 0.15) is 0 Å². The molecule has 19 heavy (non-hydrogen) atoms. The Balaban J connectivity index is 2.61. The molecule has 10 heteroatoms. The third-order valence-corrected chi connectivity index (χ3v) is 2.64. The van der Waals surface area contributed by atoms with Gasteiger partial charge in [0.05, 0.1) is 6.61 Å². The van der Waals surface area contributed by atoms with Crippen LogP contribution in [0.15, 0.2) is 19.1 Å². The largest absolute Gasteiger partial charge is 0.393 e. The number of nitrogens with zero attached hydrogens (tertiary/aromatic N) is 3. The van der Waals surface area contributed by atoms with Crippen molar-refractivity contribution in [3.8, 4) is 0 Å². The molecule has 0 radical (unpaired) electrons. The van der Waals surface area contributed by atoms with Crippen LogP contribution in [0, 0.1) is 0 Å². The van der Waals surface area contributed by atoms with E-state index in [-0.39, 0.29) is 24.7 Å². The number of aromatic nitrogens is 2. The second-order valence-electron chi connectivity index (χ2n) is 3.57. The number of rotatable bonds is 7. The minimum atomic E-state index is -4.16. The molecule has 1 rings (SSSR count). The standard InChI is InChI=1S/C9H16N5O4P/c1-2-14(3-4-18-6-19(15,16)17)9-7(10)8(11)12-5-13-9/h2,5H,1,3-4,6,10H2,(H2,11,12,13)(H2,15,16,17). The van der Waals surface area contributed by atoms with Crippen molar-refractivity contribution >= 4 is 24.9 Å². The van der Waals surface area contributed by atoms with E-state index in [0.717, 1.165) is 0 Å². The summed E-state index contributed by atoms with van der Waals surface area (Å²) in [6.45, 7) is 3.93. The highest BCUT2D eigenvalue weighted by Crippen LogP contribution is 2.33. The minimum absolute atomic E-state index is 0.0699. The van der Waals surface area contributed by atoms with Gasteiger partial charge in [-0.25, -0.2) is 9.97 Å². The molecule has 0 fully saturated rings. The lowest BCUT2D eigenvalue weighted by Gasteiger charge is -2.20. The summed E-state index contributed by atoms with van der Waals surface area (Å²) >= 11 is 0. The Morgan fingerprint density at radius 2 is 2.16 bits per heavy atom. The highest BCUT2D eigenvalue weighted by molar-refractivity contribution is 7.51.